The predicted octanol–water partition coefficient (Wildman–Crippen LogP) is 9.80. The van der Waals surface area contributed by atoms with Crippen LogP contribution in [0, 0.1) is 0 Å². The summed E-state index contributed by atoms with van der Waals surface area (Å²) in [6.45, 7) is 0. The van der Waals surface area contributed by atoms with Crippen molar-refractivity contribution in [2.24, 2.45) is 0 Å². The molecule has 0 fully saturated rings. The van der Waals surface area contributed by atoms with Crippen molar-refractivity contribution in [2.75, 3.05) is 0 Å². The molecule has 2 heterocycles. The largest absolute Gasteiger partial charge is 0.245 e. The second-order valence-corrected chi connectivity index (χ2v) is 10.5. The van der Waals surface area contributed by atoms with Crippen molar-refractivity contribution in [2.45, 2.75) is 0 Å². The van der Waals surface area contributed by atoms with E-state index >= 15 is 0 Å². The van der Waals surface area contributed by atoms with Crippen LogP contribution in [-0.4, -0.2) is 9.97 Å². The minimum absolute atomic E-state index is 0.194. The van der Waals surface area contributed by atoms with Gasteiger partial charge < -0.3 is 0 Å². The summed E-state index contributed by atoms with van der Waals surface area (Å²) in [6.07, 6.45) is 0. The molecule has 0 N–H and O–H groups in total. The van der Waals surface area contributed by atoms with E-state index < -0.39 is 0 Å². The monoisotopic (exact) mass is 558 g/mol. The number of aromatic nitrogens is 2. The summed E-state index contributed by atoms with van der Waals surface area (Å²) < 4.78 is 0. The van der Waals surface area contributed by atoms with Crippen LogP contribution in [0.5, 0.6) is 0 Å². The van der Waals surface area contributed by atoms with Gasteiger partial charge in [-0.3, -0.25) is 0 Å². The SMILES string of the molecule is [Cl][Fe][Cl].c1ccc2c(-c3ccc4ccc5ccc(-c6cccc7ccccc67)nc5c4n3)cccc2c1. The summed E-state index contributed by atoms with van der Waals surface area (Å²) in [5, 5.41) is 7.05. The van der Waals surface area contributed by atoms with Gasteiger partial charge in [0.25, 0.3) is 0 Å². The number of pyridine rings is 2. The maximum atomic E-state index is 5.16. The molecular weight excluding hydrogens is 539 g/mol. The molecular formula is C32H20Cl2FeN2. The van der Waals surface area contributed by atoms with Gasteiger partial charge >= 0.3 is 33.3 Å². The van der Waals surface area contributed by atoms with Gasteiger partial charge in [-0.15, -0.1) is 0 Å². The second-order valence-electron chi connectivity index (χ2n) is 8.71. The predicted molar refractivity (Wildman–Crippen MR) is 155 cm³/mol. The van der Waals surface area contributed by atoms with Gasteiger partial charge in [0.05, 0.1) is 22.4 Å². The van der Waals surface area contributed by atoms with Gasteiger partial charge in [-0.05, 0) is 33.7 Å². The standard InChI is InChI=1S/C32H20N2.2ClH.Fe/c1-3-11-25-21(7-1)9-5-13-27(25)29-19-17-23-15-16-24-18-20-30(34-32(24)31(23)33-29)28-14-6-10-22-8-2-4-12-26(22)28;;;/h1-20H;2*1H;/q;;;+2/p-2. The quantitative estimate of drug-likeness (QED) is 0.156. The van der Waals surface area contributed by atoms with Gasteiger partial charge in [0.1, 0.15) is 0 Å². The van der Waals surface area contributed by atoms with Crippen molar-refractivity contribution in [1.29, 1.82) is 0 Å². The Morgan fingerprint density at radius 2 is 0.784 bits per heavy atom. The normalized spacial score (nSPS) is 11.2. The van der Waals surface area contributed by atoms with Crippen LogP contribution >= 0.6 is 20.2 Å². The summed E-state index contributed by atoms with van der Waals surface area (Å²) >= 11 is 0.194. The van der Waals surface area contributed by atoms with Crippen molar-refractivity contribution < 1.29 is 13.1 Å². The van der Waals surface area contributed by atoms with Crippen molar-refractivity contribution in [1.82, 2.24) is 9.97 Å². The van der Waals surface area contributed by atoms with Crippen LogP contribution in [0.3, 0.4) is 0 Å². The molecule has 180 valence electrons. The first kappa shape index (κ1) is 23.9. The molecule has 0 aliphatic rings. The van der Waals surface area contributed by atoms with E-state index in [9.17, 15) is 0 Å². The molecule has 0 radical (unpaired) electrons. The van der Waals surface area contributed by atoms with E-state index in [2.05, 4.69) is 121 Å². The third-order valence-corrected chi connectivity index (χ3v) is 6.65. The first-order chi connectivity index (χ1) is 18.3. The molecule has 7 aromatic rings. The summed E-state index contributed by atoms with van der Waals surface area (Å²) in [5.41, 5.74) is 6.09. The number of halogens is 2. The fourth-order valence-electron chi connectivity index (χ4n) is 4.97. The Hall–Kier alpha value is -3.46. The van der Waals surface area contributed by atoms with Crippen LogP contribution < -0.4 is 0 Å². The molecule has 5 aromatic carbocycles. The van der Waals surface area contributed by atoms with Crippen LogP contribution in [-0.2, 0) is 13.1 Å². The Kier molecular flexibility index (Phi) is 6.78. The molecule has 0 aliphatic carbocycles. The fraction of sp³-hybridized carbons (Fsp3) is 0. The Labute approximate surface area is 229 Å². The average Bonchev–Trinajstić information content (AvgIpc) is 2.96. The number of rotatable bonds is 2. The Morgan fingerprint density at radius 3 is 1.24 bits per heavy atom. The van der Waals surface area contributed by atoms with Crippen LogP contribution in [0.1, 0.15) is 0 Å². The van der Waals surface area contributed by atoms with Crippen molar-refractivity contribution >= 4 is 63.5 Å². The molecule has 7 rings (SSSR count). The van der Waals surface area contributed by atoms with Gasteiger partial charge in [-0.2, -0.15) is 0 Å². The molecule has 0 spiro atoms. The third-order valence-electron chi connectivity index (χ3n) is 6.65. The molecule has 0 bridgehead atoms. The summed E-state index contributed by atoms with van der Waals surface area (Å²) in [5.74, 6) is 0. The number of fused-ring (bicyclic) bond motifs is 5. The van der Waals surface area contributed by atoms with Gasteiger partial charge in [0.15, 0.2) is 0 Å². The zero-order chi connectivity index (χ0) is 25.2. The van der Waals surface area contributed by atoms with E-state index in [1.165, 1.54) is 21.5 Å². The van der Waals surface area contributed by atoms with Crippen LogP contribution in [0.4, 0.5) is 0 Å². The van der Waals surface area contributed by atoms with E-state index in [1.54, 1.807) is 0 Å². The number of nitrogens with zero attached hydrogens (tertiary/aromatic N) is 2. The summed E-state index contributed by atoms with van der Waals surface area (Å²) in [6, 6.07) is 42.5. The molecule has 0 saturated heterocycles. The Bertz CT molecular complexity index is 1750. The Balaban J connectivity index is 0.000000804. The molecule has 0 unspecified atom stereocenters. The molecule has 2 nitrogen and oxygen atoms in total. The van der Waals surface area contributed by atoms with Crippen LogP contribution in [0.25, 0.3) is 65.9 Å². The van der Waals surface area contributed by atoms with E-state index in [-0.39, 0.29) is 13.1 Å². The van der Waals surface area contributed by atoms with Crippen LogP contribution in [0.2, 0.25) is 0 Å². The van der Waals surface area contributed by atoms with Crippen molar-refractivity contribution in [3.8, 4) is 22.5 Å². The molecule has 0 saturated carbocycles. The second kappa shape index (κ2) is 10.5. The Morgan fingerprint density at radius 1 is 0.405 bits per heavy atom. The molecule has 2 aromatic heterocycles. The van der Waals surface area contributed by atoms with Crippen LogP contribution in [0.15, 0.2) is 121 Å². The molecule has 0 atom stereocenters. The summed E-state index contributed by atoms with van der Waals surface area (Å²) in [4.78, 5) is 10.3. The minimum atomic E-state index is 0.194. The topological polar surface area (TPSA) is 25.8 Å². The first-order valence-electron chi connectivity index (χ1n) is 11.8. The molecule has 0 aliphatic heterocycles. The summed E-state index contributed by atoms with van der Waals surface area (Å²) in [7, 11) is 9.53. The van der Waals surface area contributed by atoms with E-state index in [0.717, 1.165) is 44.3 Å². The smallest absolute Gasteiger partial charge is 0.0972 e. The number of hydrogen-bond donors (Lipinski definition) is 0. The maximum absolute atomic E-state index is 5.16. The first-order valence-corrected chi connectivity index (χ1v) is 14.8. The fourth-order valence-corrected chi connectivity index (χ4v) is 4.97. The average molecular weight is 559 g/mol. The number of benzene rings is 5. The number of hydrogen-bond acceptors (Lipinski definition) is 2. The van der Waals surface area contributed by atoms with Gasteiger partial charge in [0, 0.05) is 21.9 Å². The third kappa shape index (κ3) is 4.56. The van der Waals surface area contributed by atoms with Crippen molar-refractivity contribution in [3.05, 3.63) is 121 Å². The van der Waals surface area contributed by atoms with E-state index in [4.69, 9.17) is 30.2 Å². The molecule has 37 heavy (non-hydrogen) atoms. The maximum Gasteiger partial charge on any atom is 0.0972 e. The minimum Gasteiger partial charge on any atom is -0.245 e. The van der Waals surface area contributed by atoms with Crippen molar-refractivity contribution in [3.63, 3.8) is 0 Å². The molecule has 0 amide bonds. The van der Waals surface area contributed by atoms with Gasteiger partial charge in [-0.25, -0.2) is 9.97 Å². The van der Waals surface area contributed by atoms with Gasteiger partial charge in [-0.1, -0.05) is 109 Å². The van der Waals surface area contributed by atoms with Gasteiger partial charge in [0.2, 0.25) is 0 Å². The van der Waals surface area contributed by atoms with E-state index in [1.807, 2.05) is 0 Å². The zero-order valence-electron chi connectivity index (χ0n) is 19.6. The van der Waals surface area contributed by atoms with E-state index in [0.29, 0.717) is 0 Å². The zero-order valence-corrected chi connectivity index (χ0v) is 22.2. The molecule has 5 heteroatoms.